The van der Waals surface area contributed by atoms with Crippen molar-refractivity contribution in [3.05, 3.63) is 42.0 Å². The van der Waals surface area contributed by atoms with Crippen molar-refractivity contribution < 1.29 is 9.53 Å². The number of hydrogen-bond donors (Lipinski definition) is 1. The number of rotatable bonds is 6. The average molecular weight is 356 g/mol. The van der Waals surface area contributed by atoms with E-state index in [9.17, 15) is 4.79 Å². The fourth-order valence-corrected chi connectivity index (χ4v) is 2.89. The fraction of sp³-hybridized carbons (Fsp3) is 0.444. The third-order valence-electron chi connectivity index (χ3n) is 4.23. The number of hydrogen-bond acceptors (Lipinski definition) is 7. The number of amides is 1. The molecule has 8 heteroatoms. The molecule has 138 valence electrons. The molecule has 1 fully saturated rings. The van der Waals surface area contributed by atoms with Crippen molar-refractivity contribution in [3.8, 4) is 0 Å². The molecule has 8 nitrogen and oxygen atoms in total. The molecule has 0 atom stereocenters. The van der Waals surface area contributed by atoms with Gasteiger partial charge in [0.05, 0.1) is 6.61 Å². The van der Waals surface area contributed by atoms with Gasteiger partial charge in [-0.15, -0.1) is 0 Å². The Kier molecular flexibility index (Phi) is 5.96. The summed E-state index contributed by atoms with van der Waals surface area (Å²) in [6.07, 6.45) is 1.81. The lowest BCUT2D eigenvalue weighted by Crippen LogP contribution is -2.47. The predicted octanol–water partition coefficient (Wildman–Crippen LogP) is 0.883. The number of methoxy groups -OCH3 is 1. The largest absolute Gasteiger partial charge is 0.383 e. The first-order valence-corrected chi connectivity index (χ1v) is 8.71. The standard InChI is InChI=1S/C18H24N6O2/c1-14-21-15(18(25)20-7-12-26-2)13-17(22-14)24-10-8-23(9-11-24)16-5-3-4-6-19-16/h3-6,13H,7-12H2,1-2H3,(H,20,25). The molecule has 2 aromatic rings. The molecule has 0 spiro atoms. The van der Waals surface area contributed by atoms with Crippen LogP contribution in [-0.4, -0.2) is 67.3 Å². The molecule has 2 aromatic heterocycles. The summed E-state index contributed by atoms with van der Waals surface area (Å²) in [6, 6.07) is 7.69. The van der Waals surface area contributed by atoms with Gasteiger partial charge in [0.1, 0.15) is 23.2 Å². The Hall–Kier alpha value is -2.74. The first kappa shape index (κ1) is 18.1. The zero-order valence-electron chi connectivity index (χ0n) is 15.2. The SMILES string of the molecule is COCCNC(=O)c1cc(N2CCN(c3ccccn3)CC2)nc(C)n1. The van der Waals surface area contributed by atoms with E-state index in [-0.39, 0.29) is 5.91 Å². The van der Waals surface area contributed by atoms with Crippen molar-refractivity contribution in [2.75, 3.05) is 56.2 Å². The smallest absolute Gasteiger partial charge is 0.270 e. The molecule has 1 saturated heterocycles. The maximum Gasteiger partial charge on any atom is 0.270 e. The van der Waals surface area contributed by atoms with Crippen LogP contribution in [0.2, 0.25) is 0 Å². The van der Waals surface area contributed by atoms with Crippen molar-refractivity contribution in [1.29, 1.82) is 0 Å². The zero-order valence-corrected chi connectivity index (χ0v) is 15.2. The highest BCUT2D eigenvalue weighted by molar-refractivity contribution is 5.92. The maximum atomic E-state index is 12.3. The molecule has 0 radical (unpaired) electrons. The van der Waals surface area contributed by atoms with Gasteiger partial charge in [-0.3, -0.25) is 4.79 Å². The Labute approximate surface area is 153 Å². The van der Waals surface area contributed by atoms with E-state index < -0.39 is 0 Å². The highest BCUT2D eigenvalue weighted by atomic mass is 16.5. The van der Waals surface area contributed by atoms with E-state index in [1.165, 1.54) is 0 Å². The zero-order chi connectivity index (χ0) is 18.4. The van der Waals surface area contributed by atoms with E-state index >= 15 is 0 Å². The van der Waals surface area contributed by atoms with Crippen LogP contribution in [0.4, 0.5) is 11.6 Å². The molecule has 1 aliphatic heterocycles. The van der Waals surface area contributed by atoms with Gasteiger partial charge in [0.2, 0.25) is 0 Å². The number of anilines is 2. The van der Waals surface area contributed by atoms with Crippen LogP contribution >= 0.6 is 0 Å². The summed E-state index contributed by atoms with van der Waals surface area (Å²) >= 11 is 0. The summed E-state index contributed by atoms with van der Waals surface area (Å²) in [5, 5.41) is 2.80. The monoisotopic (exact) mass is 356 g/mol. The Bertz CT molecular complexity index is 732. The number of pyridine rings is 1. The molecule has 0 aliphatic carbocycles. The summed E-state index contributed by atoms with van der Waals surface area (Å²) < 4.78 is 4.95. The Morgan fingerprint density at radius 3 is 2.54 bits per heavy atom. The molecule has 0 aromatic carbocycles. The van der Waals surface area contributed by atoms with Crippen molar-refractivity contribution >= 4 is 17.5 Å². The minimum Gasteiger partial charge on any atom is -0.383 e. The number of ether oxygens (including phenoxy) is 1. The van der Waals surface area contributed by atoms with E-state index in [1.807, 2.05) is 24.4 Å². The molecule has 1 N–H and O–H groups in total. The van der Waals surface area contributed by atoms with Crippen LogP contribution in [0.15, 0.2) is 30.5 Å². The van der Waals surface area contributed by atoms with Gasteiger partial charge in [-0.05, 0) is 19.1 Å². The van der Waals surface area contributed by atoms with Gasteiger partial charge >= 0.3 is 0 Å². The number of carbonyl (C=O) groups is 1. The number of carbonyl (C=O) groups excluding carboxylic acids is 1. The van der Waals surface area contributed by atoms with Crippen molar-refractivity contribution in [3.63, 3.8) is 0 Å². The minimum absolute atomic E-state index is 0.207. The fourth-order valence-electron chi connectivity index (χ4n) is 2.89. The van der Waals surface area contributed by atoms with Crippen LogP contribution in [0.25, 0.3) is 0 Å². The normalized spacial score (nSPS) is 14.4. The van der Waals surface area contributed by atoms with E-state index in [1.54, 1.807) is 20.1 Å². The highest BCUT2D eigenvalue weighted by Gasteiger charge is 2.20. The lowest BCUT2D eigenvalue weighted by Gasteiger charge is -2.36. The first-order chi connectivity index (χ1) is 12.7. The Balaban J connectivity index is 1.65. The molecule has 3 rings (SSSR count). The van der Waals surface area contributed by atoms with E-state index in [4.69, 9.17) is 4.74 Å². The van der Waals surface area contributed by atoms with E-state index in [0.717, 1.165) is 37.8 Å². The van der Waals surface area contributed by atoms with Crippen LogP contribution in [0, 0.1) is 6.92 Å². The first-order valence-electron chi connectivity index (χ1n) is 8.71. The van der Waals surface area contributed by atoms with Crippen molar-refractivity contribution in [2.24, 2.45) is 0 Å². The summed E-state index contributed by atoms with van der Waals surface area (Å²) in [4.78, 5) is 29.9. The minimum atomic E-state index is -0.207. The highest BCUT2D eigenvalue weighted by Crippen LogP contribution is 2.18. The Morgan fingerprint density at radius 2 is 1.88 bits per heavy atom. The van der Waals surface area contributed by atoms with Crippen LogP contribution in [0.3, 0.4) is 0 Å². The molecule has 0 bridgehead atoms. The van der Waals surface area contributed by atoms with E-state index in [0.29, 0.717) is 24.7 Å². The molecular formula is C18H24N6O2. The molecule has 26 heavy (non-hydrogen) atoms. The van der Waals surface area contributed by atoms with Crippen molar-refractivity contribution in [2.45, 2.75) is 6.92 Å². The quantitative estimate of drug-likeness (QED) is 0.769. The summed E-state index contributed by atoms with van der Waals surface area (Å²) in [6.45, 7) is 6.08. The number of piperazine rings is 1. The number of aryl methyl sites for hydroxylation is 1. The van der Waals surface area contributed by atoms with Gasteiger partial charge < -0.3 is 19.9 Å². The number of aromatic nitrogens is 3. The average Bonchev–Trinajstić information content (AvgIpc) is 2.68. The van der Waals surface area contributed by atoms with Crippen LogP contribution in [0.1, 0.15) is 16.3 Å². The second kappa shape index (κ2) is 8.57. The van der Waals surface area contributed by atoms with Gasteiger partial charge in [0.25, 0.3) is 5.91 Å². The third-order valence-corrected chi connectivity index (χ3v) is 4.23. The molecule has 0 saturated carbocycles. The lowest BCUT2D eigenvalue weighted by atomic mass is 10.2. The summed E-state index contributed by atoms with van der Waals surface area (Å²) in [5.41, 5.74) is 0.385. The topological polar surface area (TPSA) is 83.5 Å². The van der Waals surface area contributed by atoms with Crippen LogP contribution in [-0.2, 0) is 4.74 Å². The van der Waals surface area contributed by atoms with Gasteiger partial charge in [-0.2, -0.15) is 0 Å². The third kappa shape index (κ3) is 4.45. The molecular weight excluding hydrogens is 332 g/mol. The molecule has 1 amide bonds. The van der Waals surface area contributed by atoms with Crippen LogP contribution < -0.4 is 15.1 Å². The second-order valence-corrected chi connectivity index (χ2v) is 6.07. The van der Waals surface area contributed by atoms with Gasteiger partial charge in [-0.1, -0.05) is 6.07 Å². The molecule has 3 heterocycles. The maximum absolute atomic E-state index is 12.3. The summed E-state index contributed by atoms with van der Waals surface area (Å²) in [7, 11) is 1.60. The molecule has 1 aliphatic rings. The van der Waals surface area contributed by atoms with Crippen molar-refractivity contribution in [1.82, 2.24) is 20.3 Å². The lowest BCUT2D eigenvalue weighted by molar-refractivity contribution is 0.0931. The van der Waals surface area contributed by atoms with Gasteiger partial charge in [0, 0.05) is 52.1 Å². The summed E-state index contributed by atoms with van der Waals surface area (Å²) in [5.74, 6) is 2.16. The van der Waals surface area contributed by atoms with Gasteiger partial charge in [0.15, 0.2) is 0 Å². The molecule has 0 unspecified atom stereocenters. The van der Waals surface area contributed by atoms with Crippen LogP contribution in [0.5, 0.6) is 0 Å². The predicted molar refractivity (Wildman–Crippen MR) is 99.6 cm³/mol. The number of nitrogens with zero attached hydrogens (tertiary/aromatic N) is 5. The van der Waals surface area contributed by atoms with E-state index in [2.05, 4.69) is 30.1 Å². The van der Waals surface area contributed by atoms with Gasteiger partial charge in [-0.25, -0.2) is 15.0 Å². The Morgan fingerprint density at radius 1 is 1.15 bits per heavy atom. The second-order valence-electron chi connectivity index (χ2n) is 6.07. The number of nitrogens with one attached hydrogen (secondary N) is 1.